The molecule has 0 amide bonds. The Morgan fingerprint density at radius 1 is 1.46 bits per heavy atom. The van der Waals surface area contributed by atoms with Crippen LogP contribution in [0.5, 0.6) is 0 Å². The summed E-state index contributed by atoms with van der Waals surface area (Å²) in [6.07, 6.45) is -0.123. The highest BCUT2D eigenvalue weighted by atomic mass is 19.1. The number of nitro groups is 1. The van der Waals surface area contributed by atoms with E-state index in [0.717, 1.165) is 6.08 Å². The van der Waals surface area contributed by atoms with E-state index >= 15 is 0 Å². The largest absolute Gasteiger partial charge is 0.269 e. The zero-order valence-electron chi connectivity index (χ0n) is 6.81. The molecule has 0 saturated carbocycles. The van der Waals surface area contributed by atoms with E-state index in [0.29, 0.717) is 5.56 Å². The van der Waals surface area contributed by atoms with Crippen LogP contribution in [0.25, 0.3) is 0 Å². The van der Waals surface area contributed by atoms with Crippen molar-refractivity contribution >= 4 is 5.69 Å². The van der Waals surface area contributed by atoms with Crippen LogP contribution < -0.4 is 0 Å². The minimum Gasteiger partial charge on any atom is -0.258 e. The smallest absolute Gasteiger partial charge is 0.258 e. The second-order valence-electron chi connectivity index (χ2n) is 2.49. The summed E-state index contributed by atoms with van der Waals surface area (Å²) in [6, 6.07) is 5.30. The number of benzene rings is 1. The second kappa shape index (κ2) is 3.80. The third kappa shape index (κ3) is 2.11. The lowest BCUT2D eigenvalue weighted by atomic mass is 10.1. The molecule has 0 N–H and O–H groups in total. The maximum absolute atomic E-state index is 12.9. The van der Waals surface area contributed by atoms with Crippen molar-refractivity contribution < 1.29 is 9.31 Å². The van der Waals surface area contributed by atoms with Gasteiger partial charge in [0.05, 0.1) is 4.92 Å². The van der Waals surface area contributed by atoms with Crippen LogP contribution in [-0.2, 0) is 0 Å². The molecular formula is C9H8FNO2. The Bertz CT molecular complexity index is 321. The molecule has 0 heterocycles. The average Bonchev–Trinajstić information content (AvgIpc) is 2.17. The molecular weight excluding hydrogens is 173 g/mol. The molecule has 0 fully saturated rings. The van der Waals surface area contributed by atoms with Gasteiger partial charge in [0.15, 0.2) is 0 Å². The SMILES string of the molecule is C=CC(F)c1ccc([N+](=O)[O-])cc1. The molecule has 1 rings (SSSR count). The van der Waals surface area contributed by atoms with Crippen LogP contribution in [0.2, 0.25) is 0 Å². The molecule has 68 valence electrons. The van der Waals surface area contributed by atoms with E-state index in [4.69, 9.17) is 0 Å². The zero-order valence-corrected chi connectivity index (χ0v) is 6.81. The fourth-order valence-corrected chi connectivity index (χ4v) is 0.916. The van der Waals surface area contributed by atoms with E-state index in [-0.39, 0.29) is 5.69 Å². The van der Waals surface area contributed by atoms with E-state index in [1.165, 1.54) is 24.3 Å². The fourth-order valence-electron chi connectivity index (χ4n) is 0.916. The summed E-state index contributed by atoms with van der Waals surface area (Å²) in [6.45, 7) is 3.29. The highest BCUT2D eigenvalue weighted by molar-refractivity contribution is 5.34. The number of hydrogen-bond donors (Lipinski definition) is 0. The Labute approximate surface area is 74.7 Å². The lowest BCUT2D eigenvalue weighted by molar-refractivity contribution is -0.384. The van der Waals surface area contributed by atoms with Gasteiger partial charge in [-0.15, -0.1) is 0 Å². The Morgan fingerprint density at radius 3 is 2.38 bits per heavy atom. The third-order valence-electron chi connectivity index (χ3n) is 1.63. The van der Waals surface area contributed by atoms with Gasteiger partial charge in [-0.05, 0) is 17.7 Å². The Morgan fingerprint density at radius 2 is 2.00 bits per heavy atom. The molecule has 0 radical (unpaired) electrons. The average molecular weight is 181 g/mol. The fraction of sp³-hybridized carbons (Fsp3) is 0.111. The number of nitro benzene ring substituents is 1. The number of rotatable bonds is 3. The van der Waals surface area contributed by atoms with Crippen LogP contribution in [-0.4, -0.2) is 4.92 Å². The van der Waals surface area contributed by atoms with Gasteiger partial charge in [-0.25, -0.2) is 4.39 Å². The van der Waals surface area contributed by atoms with Gasteiger partial charge in [0.1, 0.15) is 6.17 Å². The van der Waals surface area contributed by atoms with Crippen molar-refractivity contribution in [3.05, 3.63) is 52.6 Å². The van der Waals surface area contributed by atoms with Gasteiger partial charge in [0, 0.05) is 12.1 Å². The summed E-state index contributed by atoms with van der Waals surface area (Å²) < 4.78 is 12.9. The minimum absolute atomic E-state index is 0.0417. The molecule has 1 unspecified atom stereocenters. The van der Waals surface area contributed by atoms with Gasteiger partial charge >= 0.3 is 0 Å². The van der Waals surface area contributed by atoms with Crippen molar-refractivity contribution in [2.45, 2.75) is 6.17 Å². The minimum atomic E-state index is -1.26. The highest BCUT2D eigenvalue weighted by Crippen LogP contribution is 2.20. The topological polar surface area (TPSA) is 43.1 Å². The Balaban J connectivity index is 2.93. The van der Waals surface area contributed by atoms with Crippen molar-refractivity contribution in [2.75, 3.05) is 0 Å². The molecule has 0 aromatic heterocycles. The maximum atomic E-state index is 12.9. The molecule has 1 atom stereocenters. The van der Waals surface area contributed by atoms with Gasteiger partial charge in [-0.2, -0.15) is 0 Å². The summed E-state index contributed by atoms with van der Waals surface area (Å²) >= 11 is 0. The maximum Gasteiger partial charge on any atom is 0.269 e. The van der Waals surface area contributed by atoms with Gasteiger partial charge in [0.2, 0.25) is 0 Å². The number of alkyl halides is 1. The van der Waals surface area contributed by atoms with Crippen molar-refractivity contribution in [3.63, 3.8) is 0 Å². The highest BCUT2D eigenvalue weighted by Gasteiger charge is 2.08. The third-order valence-corrected chi connectivity index (χ3v) is 1.63. The second-order valence-corrected chi connectivity index (χ2v) is 2.49. The first kappa shape index (κ1) is 9.38. The van der Waals surface area contributed by atoms with Crippen LogP contribution in [0.15, 0.2) is 36.9 Å². The van der Waals surface area contributed by atoms with Gasteiger partial charge in [0.25, 0.3) is 5.69 Å². The van der Waals surface area contributed by atoms with Crippen LogP contribution in [0.3, 0.4) is 0 Å². The monoisotopic (exact) mass is 181 g/mol. The molecule has 3 nitrogen and oxygen atoms in total. The predicted octanol–water partition coefficient (Wildman–Crippen LogP) is 2.79. The summed E-state index contributed by atoms with van der Waals surface area (Å²) in [5.74, 6) is 0. The molecule has 0 saturated heterocycles. The summed E-state index contributed by atoms with van der Waals surface area (Å²) in [5.41, 5.74) is 0.334. The van der Waals surface area contributed by atoms with Gasteiger partial charge < -0.3 is 0 Å². The Kier molecular flexibility index (Phi) is 2.74. The van der Waals surface area contributed by atoms with Crippen molar-refractivity contribution in [1.29, 1.82) is 0 Å². The standard InChI is InChI=1S/C9H8FNO2/c1-2-9(10)7-3-5-8(6-4-7)11(12)13/h2-6,9H,1H2. The summed E-state index contributed by atoms with van der Waals surface area (Å²) in [4.78, 5) is 9.72. The molecule has 0 aliphatic rings. The van der Waals surface area contributed by atoms with Crippen molar-refractivity contribution in [2.24, 2.45) is 0 Å². The van der Waals surface area contributed by atoms with E-state index in [9.17, 15) is 14.5 Å². The number of non-ortho nitro benzene ring substituents is 1. The number of hydrogen-bond acceptors (Lipinski definition) is 2. The van der Waals surface area contributed by atoms with E-state index in [2.05, 4.69) is 6.58 Å². The normalized spacial score (nSPS) is 12.1. The summed E-state index contributed by atoms with van der Waals surface area (Å²) in [7, 11) is 0. The molecule has 4 heteroatoms. The quantitative estimate of drug-likeness (QED) is 0.408. The molecule has 13 heavy (non-hydrogen) atoms. The molecule has 0 spiro atoms. The van der Waals surface area contributed by atoms with E-state index < -0.39 is 11.1 Å². The van der Waals surface area contributed by atoms with Crippen molar-refractivity contribution in [3.8, 4) is 0 Å². The number of halogens is 1. The van der Waals surface area contributed by atoms with Crippen molar-refractivity contribution in [1.82, 2.24) is 0 Å². The van der Waals surface area contributed by atoms with E-state index in [1.807, 2.05) is 0 Å². The summed E-state index contributed by atoms with van der Waals surface area (Å²) in [5, 5.41) is 10.2. The molecule has 1 aromatic carbocycles. The van der Waals surface area contributed by atoms with Crippen LogP contribution in [0.4, 0.5) is 10.1 Å². The molecule has 0 aliphatic heterocycles. The molecule has 0 aliphatic carbocycles. The van der Waals surface area contributed by atoms with Crippen LogP contribution >= 0.6 is 0 Å². The molecule has 0 bridgehead atoms. The first-order chi connectivity index (χ1) is 6.15. The Hall–Kier alpha value is -1.71. The van der Waals surface area contributed by atoms with Crippen LogP contribution in [0, 0.1) is 10.1 Å². The number of allylic oxidation sites excluding steroid dienone is 1. The van der Waals surface area contributed by atoms with E-state index in [1.54, 1.807) is 0 Å². The lowest BCUT2D eigenvalue weighted by Crippen LogP contribution is -1.90. The van der Waals surface area contributed by atoms with Crippen LogP contribution in [0.1, 0.15) is 11.7 Å². The van der Waals surface area contributed by atoms with Gasteiger partial charge in [-0.3, -0.25) is 10.1 Å². The lowest BCUT2D eigenvalue weighted by Gasteiger charge is -2.00. The first-order valence-corrected chi connectivity index (χ1v) is 3.66. The first-order valence-electron chi connectivity index (χ1n) is 3.66. The van der Waals surface area contributed by atoms with Gasteiger partial charge in [-0.1, -0.05) is 12.7 Å². The molecule has 1 aromatic rings. The predicted molar refractivity (Wildman–Crippen MR) is 47.1 cm³/mol. The zero-order chi connectivity index (χ0) is 9.84. The number of nitrogens with zero attached hydrogens (tertiary/aromatic N) is 1.